The number of halogens is 2. The SMILES string of the molecule is O=C(CCn1c(-c2ccc(Cl)cc2)nc2ccccc21)Nc1ccccc1F. The van der Waals surface area contributed by atoms with E-state index in [9.17, 15) is 9.18 Å². The molecular formula is C22H17ClFN3O. The zero-order valence-corrected chi connectivity index (χ0v) is 15.7. The van der Waals surface area contributed by atoms with Crippen LogP contribution in [0, 0.1) is 5.82 Å². The highest BCUT2D eigenvalue weighted by Gasteiger charge is 2.14. The first-order valence-corrected chi connectivity index (χ1v) is 9.25. The Bertz CT molecular complexity index is 1140. The smallest absolute Gasteiger partial charge is 0.226 e. The number of para-hydroxylation sites is 3. The van der Waals surface area contributed by atoms with Crippen LogP contribution in [-0.2, 0) is 11.3 Å². The topological polar surface area (TPSA) is 46.9 Å². The van der Waals surface area contributed by atoms with E-state index in [1.54, 1.807) is 18.2 Å². The normalized spacial score (nSPS) is 10.9. The quantitative estimate of drug-likeness (QED) is 0.485. The number of nitrogens with zero attached hydrogens (tertiary/aromatic N) is 2. The molecule has 1 amide bonds. The molecule has 0 aliphatic rings. The Balaban J connectivity index is 1.60. The Labute approximate surface area is 166 Å². The van der Waals surface area contributed by atoms with Gasteiger partial charge in [0, 0.05) is 23.6 Å². The number of imidazole rings is 1. The molecule has 0 aliphatic heterocycles. The number of carbonyl (C=O) groups is 1. The van der Waals surface area contributed by atoms with Crippen molar-refractivity contribution in [2.24, 2.45) is 0 Å². The lowest BCUT2D eigenvalue weighted by Crippen LogP contribution is -2.15. The van der Waals surface area contributed by atoms with Gasteiger partial charge in [-0.1, -0.05) is 35.9 Å². The van der Waals surface area contributed by atoms with Gasteiger partial charge in [0.25, 0.3) is 0 Å². The lowest BCUT2D eigenvalue weighted by atomic mass is 10.2. The summed E-state index contributed by atoms with van der Waals surface area (Å²) in [6.45, 7) is 0.415. The Morgan fingerprint density at radius 1 is 1.00 bits per heavy atom. The molecule has 1 N–H and O–H groups in total. The number of aryl methyl sites for hydroxylation is 1. The third-order valence-corrected chi connectivity index (χ3v) is 4.72. The Kier molecular flexibility index (Phi) is 5.08. The van der Waals surface area contributed by atoms with Crippen LogP contribution in [-0.4, -0.2) is 15.5 Å². The second-order valence-corrected chi connectivity index (χ2v) is 6.80. The molecule has 1 aromatic heterocycles. The number of amides is 1. The molecule has 0 radical (unpaired) electrons. The first kappa shape index (κ1) is 18.2. The fourth-order valence-corrected chi connectivity index (χ4v) is 3.24. The van der Waals surface area contributed by atoms with Crippen LogP contribution >= 0.6 is 11.6 Å². The molecule has 4 nitrogen and oxygen atoms in total. The Hall–Kier alpha value is -3.18. The van der Waals surface area contributed by atoms with Gasteiger partial charge in [0.05, 0.1) is 16.7 Å². The maximum absolute atomic E-state index is 13.7. The fraction of sp³-hybridized carbons (Fsp3) is 0.0909. The maximum Gasteiger partial charge on any atom is 0.226 e. The van der Waals surface area contributed by atoms with Crippen molar-refractivity contribution in [2.75, 3.05) is 5.32 Å². The molecule has 6 heteroatoms. The van der Waals surface area contributed by atoms with Crippen molar-refractivity contribution in [1.82, 2.24) is 9.55 Å². The van der Waals surface area contributed by atoms with Crippen molar-refractivity contribution in [3.8, 4) is 11.4 Å². The van der Waals surface area contributed by atoms with Crippen LogP contribution in [0.5, 0.6) is 0 Å². The van der Waals surface area contributed by atoms with E-state index in [1.165, 1.54) is 6.07 Å². The summed E-state index contributed by atoms with van der Waals surface area (Å²) in [6.07, 6.45) is 0.190. The van der Waals surface area contributed by atoms with E-state index in [4.69, 9.17) is 16.6 Å². The van der Waals surface area contributed by atoms with Crippen LogP contribution in [0.3, 0.4) is 0 Å². The summed E-state index contributed by atoms with van der Waals surface area (Å²) in [5.41, 5.74) is 2.88. The zero-order valence-electron chi connectivity index (χ0n) is 14.9. The van der Waals surface area contributed by atoms with Crippen molar-refractivity contribution >= 4 is 34.2 Å². The lowest BCUT2D eigenvalue weighted by molar-refractivity contribution is -0.116. The number of nitrogens with one attached hydrogen (secondary N) is 1. The van der Waals surface area contributed by atoms with Crippen LogP contribution in [0.25, 0.3) is 22.4 Å². The molecule has 4 rings (SSSR count). The highest BCUT2D eigenvalue weighted by atomic mass is 35.5. The molecule has 4 aromatic rings. The van der Waals surface area contributed by atoms with Gasteiger partial charge < -0.3 is 9.88 Å². The van der Waals surface area contributed by atoms with Crippen LogP contribution in [0.15, 0.2) is 72.8 Å². The molecule has 0 bridgehead atoms. The number of hydrogen-bond acceptors (Lipinski definition) is 2. The van der Waals surface area contributed by atoms with Crippen molar-refractivity contribution in [3.63, 3.8) is 0 Å². The highest BCUT2D eigenvalue weighted by Crippen LogP contribution is 2.26. The summed E-state index contributed by atoms with van der Waals surface area (Å²) in [4.78, 5) is 17.1. The van der Waals surface area contributed by atoms with Gasteiger partial charge >= 0.3 is 0 Å². The molecule has 0 unspecified atom stereocenters. The molecule has 28 heavy (non-hydrogen) atoms. The minimum atomic E-state index is -0.453. The summed E-state index contributed by atoms with van der Waals surface area (Å²) in [6, 6.07) is 21.3. The van der Waals surface area contributed by atoms with E-state index in [-0.39, 0.29) is 18.0 Å². The lowest BCUT2D eigenvalue weighted by Gasteiger charge is -2.10. The van der Waals surface area contributed by atoms with E-state index in [0.717, 1.165) is 22.4 Å². The summed E-state index contributed by atoms with van der Waals surface area (Å²) in [5, 5.41) is 3.27. The summed E-state index contributed by atoms with van der Waals surface area (Å²) in [7, 11) is 0. The molecule has 0 saturated carbocycles. The van der Waals surface area contributed by atoms with E-state index in [0.29, 0.717) is 11.6 Å². The molecule has 1 heterocycles. The largest absolute Gasteiger partial charge is 0.324 e. The first-order valence-electron chi connectivity index (χ1n) is 8.87. The Morgan fingerprint density at radius 3 is 2.50 bits per heavy atom. The number of hydrogen-bond donors (Lipinski definition) is 1. The summed E-state index contributed by atoms with van der Waals surface area (Å²) >= 11 is 6.00. The average molecular weight is 394 g/mol. The Morgan fingerprint density at radius 2 is 1.71 bits per heavy atom. The number of fused-ring (bicyclic) bond motifs is 1. The van der Waals surface area contributed by atoms with Crippen LogP contribution in [0.1, 0.15) is 6.42 Å². The van der Waals surface area contributed by atoms with Crippen molar-refractivity contribution in [2.45, 2.75) is 13.0 Å². The second kappa shape index (κ2) is 7.82. The minimum Gasteiger partial charge on any atom is -0.324 e. The maximum atomic E-state index is 13.7. The number of carbonyl (C=O) groups excluding carboxylic acids is 1. The molecular weight excluding hydrogens is 377 g/mol. The van der Waals surface area contributed by atoms with E-state index < -0.39 is 5.82 Å². The third kappa shape index (κ3) is 3.75. The number of rotatable bonds is 5. The number of anilines is 1. The van der Waals surface area contributed by atoms with Gasteiger partial charge in [-0.2, -0.15) is 0 Å². The molecule has 0 spiro atoms. The number of aromatic nitrogens is 2. The monoisotopic (exact) mass is 393 g/mol. The van der Waals surface area contributed by atoms with Gasteiger partial charge in [-0.15, -0.1) is 0 Å². The van der Waals surface area contributed by atoms with E-state index in [1.807, 2.05) is 53.1 Å². The predicted molar refractivity (Wildman–Crippen MR) is 110 cm³/mol. The van der Waals surface area contributed by atoms with Crippen LogP contribution < -0.4 is 5.32 Å². The van der Waals surface area contributed by atoms with Crippen molar-refractivity contribution < 1.29 is 9.18 Å². The van der Waals surface area contributed by atoms with Gasteiger partial charge in [-0.05, 0) is 48.5 Å². The highest BCUT2D eigenvalue weighted by molar-refractivity contribution is 6.30. The minimum absolute atomic E-state index is 0.181. The van der Waals surface area contributed by atoms with Gasteiger partial charge in [0.15, 0.2) is 0 Å². The van der Waals surface area contributed by atoms with Gasteiger partial charge in [0.1, 0.15) is 11.6 Å². The second-order valence-electron chi connectivity index (χ2n) is 6.36. The van der Waals surface area contributed by atoms with Crippen molar-refractivity contribution in [3.05, 3.63) is 83.6 Å². The first-order chi connectivity index (χ1) is 13.6. The van der Waals surface area contributed by atoms with Gasteiger partial charge in [-0.3, -0.25) is 4.79 Å². The zero-order chi connectivity index (χ0) is 19.5. The van der Waals surface area contributed by atoms with Crippen LogP contribution in [0.2, 0.25) is 5.02 Å². The molecule has 140 valence electrons. The van der Waals surface area contributed by atoms with Gasteiger partial charge in [-0.25, -0.2) is 9.37 Å². The fourth-order valence-electron chi connectivity index (χ4n) is 3.11. The number of benzene rings is 3. The molecule has 0 saturated heterocycles. The molecule has 0 aliphatic carbocycles. The predicted octanol–water partition coefficient (Wildman–Crippen LogP) is 5.52. The molecule has 0 fully saturated rings. The summed E-state index contributed by atoms with van der Waals surface area (Å²) in [5.74, 6) is 0.0484. The van der Waals surface area contributed by atoms with Crippen LogP contribution in [0.4, 0.5) is 10.1 Å². The van der Waals surface area contributed by atoms with E-state index >= 15 is 0 Å². The summed E-state index contributed by atoms with van der Waals surface area (Å²) < 4.78 is 15.7. The molecule has 0 atom stereocenters. The molecule has 3 aromatic carbocycles. The van der Waals surface area contributed by atoms with Crippen molar-refractivity contribution in [1.29, 1.82) is 0 Å². The van der Waals surface area contributed by atoms with E-state index in [2.05, 4.69) is 5.32 Å². The third-order valence-electron chi connectivity index (χ3n) is 4.47. The average Bonchev–Trinajstić information content (AvgIpc) is 3.07. The standard InChI is InChI=1S/C22H17ClFN3O/c23-16-11-9-15(10-12-16)22-26-19-7-3-4-8-20(19)27(22)14-13-21(28)25-18-6-2-1-5-17(18)24/h1-12H,13-14H2,(H,25,28). The van der Waals surface area contributed by atoms with Gasteiger partial charge in [0.2, 0.25) is 5.91 Å².